The Balaban J connectivity index is 1.77. The summed E-state index contributed by atoms with van der Waals surface area (Å²) in [5, 5.41) is 5.06. The summed E-state index contributed by atoms with van der Waals surface area (Å²) in [5.41, 5.74) is 2.46. The Morgan fingerprint density at radius 3 is 3.17 bits per heavy atom. The molecule has 1 aromatic carbocycles. The maximum absolute atomic E-state index is 13.5. The molecular formula is C13H12FN3S. The van der Waals surface area contributed by atoms with E-state index in [1.807, 2.05) is 29.1 Å². The molecule has 2 aromatic heterocycles. The van der Waals surface area contributed by atoms with Crippen LogP contribution in [0.25, 0.3) is 4.96 Å². The number of hydrogen-bond acceptors (Lipinski definition) is 3. The predicted molar refractivity (Wildman–Crippen MR) is 71.5 cm³/mol. The molecule has 0 saturated carbocycles. The van der Waals surface area contributed by atoms with Crippen LogP contribution >= 0.6 is 11.3 Å². The SMILES string of the molecule is Cc1ccc(F)c(NCc2cn3ccsc3n2)c1. The minimum absolute atomic E-state index is 0.235. The van der Waals surface area contributed by atoms with Crippen molar-refractivity contribution in [1.29, 1.82) is 0 Å². The molecule has 0 amide bonds. The molecule has 0 unspecified atom stereocenters. The molecule has 1 N–H and O–H groups in total. The average Bonchev–Trinajstić information content (AvgIpc) is 2.90. The van der Waals surface area contributed by atoms with Gasteiger partial charge in [-0.05, 0) is 24.6 Å². The lowest BCUT2D eigenvalue weighted by Gasteiger charge is -2.06. The van der Waals surface area contributed by atoms with Gasteiger partial charge in [-0.25, -0.2) is 9.37 Å². The molecular weight excluding hydrogens is 249 g/mol. The van der Waals surface area contributed by atoms with Crippen LogP contribution in [0.3, 0.4) is 0 Å². The second-order valence-electron chi connectivity index (χ2n) is 4.16. The van der Waals surface area contributed by atoms with Crippen LogP contribution in [0.1, 0.15) is 11.3 Å². The number of benzene rings is 1. The molecule has 0 aliphatic carbocycles. The van der Waals surface area contributed by atoms with E-state index in [0.717, 1.165) is 16.2 Å². The number of halogens is 1. The van der Waals surface area contributed by atoms with Crippen molar-refractivity contribution in [2.75, 3.05) is 5.32 Å². The normalized spacial score (nSPS) is 11.0. The maximum Gasteiger partial charge on any atom is 0.193 e. The molecule has 0 aliphatic rings. The van der Waals surface area contributed by atoms with Crippen LogP contribution in [-0.2, 0) is 6.54 Å². The summed E-state index contributed by atoms with van der Waals surface area (Å²) in [7, 11) is 0. The minimum Gasteiger partial charge on any atom is -0.377 e. The highest BCUT2D eigenvalue weighted by Crippen LogP contribution is 2.17. The first-order valence-electron chi connectivity index (χ1n) is 5.63. The highest BCUT2D eigenvalue weighted by molar-refractivity contribution is 7.15. The number of nitrogens with one attached hydrogen (secondary N) is 1. The third-order valence-corrected chi connectivity index (χ3v) is 3.50. The lowest BCUT2D eigenvalue weighted by molar-refractivity contribution is 0.629. The molecule has 0 spiro atoms. The standard InChI is InChI=1S/C13H12FN3S/c1-9-2-3-11(14)12(6-9)15-7-10-8-17-4-5-18-13(17)16-10/h2-6,8,15H,7H2,1H3. The second kappa shape index (κ2) is 4.42. The summed E-state index contributed by atoms with van der Waals surface area (Å²) in [6.07, 6.45) is 3.91. The van der Waals surface area contributed by atoms with Crippen LogP contribution in [-0.4, -0.2) is 9.38 Å². The Morgan fingerprint density at radius 2 is 2.33 bits per heavy atom. The summed E-state index contributed by atoms with van der Waals surface area (Å²) in [6, 6.07) is 5.03. The molecule has 3 nitrogen and oxygen atoms in total. The summed E-state index contributed by atoms with van der Waals surface area (Å²) in [5.74, 6) is -0.235. The first kappa shape index (κ1) is 11.2. The van der Waals surface area contributed by atoms with Gasteiger partial charge in [0.05, 0.1) is 17.9 Å². The zero-order valence-electron chi connectivity index (χ0n) is 9.85. The topological polar surface area (TPSA) is 29.3 Å². The number of aromatic nitrogens is 2. The van der Waals surface area contributed by atoms with E-state index in [9.17, 15) is 4.39 Å². The van der Waals surface area contributed by atoms with Gasteiger partial charge in [0.25, 0.3) is 0 Å². The smallest absolute Gasteiger partial charge is 0.193 e. The van der Waals surface area contributed by atoms with Crippen LogP contribution < -0.4 is 5.32 Å². The number of anilines is 1. The molecule has 92 valence electrons. The minimum atomic E-state index is -0.235. The number of imidazole rings is 1. The van der Waals surface area contributed by atoms with Gasteiger partial charge in [0.15, 0.2) is 4.96 Å². The quantitative estimate of drug-likeness (QED) is 0.782. The van der Waals surface area contributed by atoms with E-state index in [0.29, 0.717) is 12.2 Å². The molecule has 0 saturated heterocycles. The molecule has 3 aromatic rings. The molecule has 0 bridgehead atoms. The Bertz CT molecular complexity index is 658. The van der Waals surface area contributed by atoms with Crippen molar-refractivity contribution >= 4 is 22.0 Å². The fourth-order valence-electron chi connectivity index (χ4n) is 1.82. The first-order chi connectivity index (χ1) is 8.72. The van der Waals surface area contributed by atoms with Crippen molar-refractivity contribution in [3.05, 3.63) is 53.0 Å². The van der Waals surface area contributed by atoms with Gasteiger partial charge in [0.2, 0.25) is 0 Å². The van der Waals surface area contributed by atoms with E-state index >= 15 is 0 Å². The Morgan fingerprint density at radius 1 is 1.44 bits per heavy atom. The largest absolute Gasteiger partial charge is 0.377 e. The highest BCUT2D eigenvalue weighted by Gasteiger charge is 2.05. The number of thiazole rings is 1. The van der Waals surface area contributed by atoms with Gasteiger partial charge in [0.1, 0.15) is 5.82 Å². The van der Waals surface area contributed by atoms with E-state index in [4.69, 9.17) is 0 Å². The van der Waals surface area contributed by atoms with Gasteiger partial charge in [-0.3, -0.25) is 4.40 Å². The Labute approximate surface area is 108 Å². The second-order valence-corrected chi connectivity index (χ2v) is 5.03. The molecule has 0 fully saturated rings. The number of aryl methyl sites for hydroxylation is 1. The lowest BCUT2D eigenvalue weighted by atomic mass is 10.2. The van der Waals surface area contributed by atoms with Crippen LogP contribution in [0, 0.1) is 12.7 Å². The zero-order chi connectivity index (χ0) is 12.5. The van der Waals surface area contributed by atoms with E-state index in [1.165, 1.54) is 6.07 Å². The molecule has 0 atom stereocenters. The lowest BCUT2D eigenvalue weighted by Crippen LogP contribution is -2.02. The number of rotatable bonds is 3. The van der Waals surface area contributed by atoms with Crippen LogP contribution in [0.5, 0.6) is 0 Å². The van der Waals surface area contributed by atoms with Crippen LogP contribution in [0.15, 0.2) is 36.0 Å². The molecule has 18 heavy (non-hydrogen) atoms. The molecule has 3 rings (SSSR count). The number of hydrogen-bond donors (Lipinski definition) is 1. The van der Waals surface area contributed by atoms with Gasteiger partial charge in [-0.1, -0.05) is 6.07 Å². The van der Waals surface area contributed by atoms with Gasteiger partial charge < -0.3 is 5.32 Å². The van der Waals surface area contributed by atoms with Gasteiger partial charge >= 0.3 is 0 Å². The zero-order valence-corrected chi connectivity index (χ0v) is 10.7. The average molecular weight is 261 g/mol. The summed E-state index contributed by atoms with van der Waals surface area (Å²) in [4.78, 5) is 5.39. The number of nitrogens with zero attached hydrogens (tertiary/aromatic N) is 2. The summed E-state index contributed by atoms with van der Waals surface area (Å²) in [6.45, 7) is 2.46. The Hall–Kier alpha value is -1.88. The molecule has 0 radical (unpaired) electrons. The van der Waals surface area contributed by atoms with Crippen molar-refractivity contribution in [1.82, 2.24) is 9.38 Å². The predicted octanol–water partition coefficient (Wildman–Crippen LogP) is 3.46. The van der Waals surface area contributed by atoms with Crippen molar-refractivity contribution < 1.29 is 4.39 Å². The van der Waals surface area contributed by atoms with Crippen LogP contribution in [0.2, 0.25) is 0 Å². The fraction of sp³-hybridized carbons (Fsp3) is 0.154. The first-order valence-corrected chi connectivity index (χ1v) is 6.51. The van der Waals surface area contributed by atoms with Gasteiger partial charge in [0, 0.05) is 17.8 Å². The Kier molecular flexibility index (Phi) is 2.76. The summed E-state index contributed by atoms with van der Waals surface area (Å²) >= 11 is 1.59. The molecule has 0 aliphatic heterocycles. The van der Waals surface area contributed by atoms with Crippen molar-refractivity contribution in [3.63, 3.8) is 0 Å². The monoisotopic (exact) mass is 261 g/mol. The summed E-state index contributed by atoms with van der Waals surface area (Å²) < 4.78 is 15.5. The van der Waals surface area contributed by atoms with Crippen molar-refractivity contribution in [2.24, 2.45) is 0 Å². The molecule has 5 heteroatoms. The third-order valence-electron chi connectivity index (χ3n) is 2.72. The highest BCUT2D eigenvalue weighted by atomic mass is 32.1. The van der Waals surface area contributed by atoms with Gasteiger partial charge in [-0.2, -0.15) is 0 Å². The third kappa shape index (κ3) is 2.09. The van der Waals surface area contributed by atoms with E-state index < -0.39 is 0 Å². The van der Waals surface area contributed by atoms with Crippen LogP contribution in [0.4, 0.5) is 10.1 Å². The maximum atomic E-state index is 13.5. The van der Waals surface area contributed by atoms with E-state index in [1.54, 1.807) is 23.5 Å². The van der Waals surface area contributed by atoms with E-state index in [-0.39, 0.29) is 5.82 Å². The van der Waals surface area contributed by atoms with Gasteiger partial charge in [-0.15, -0.1) is 11.3 Å². The number of fused-ring (bicyclic) bond motifs is 1. The van der Waals surface area contributed by atoms with Crippen molar-refractivity contribution in [2.45, 2.75) is 13.5 Å². The van der Waals surface area contributed by atoms with E-state index in [2.05, 4.69) is 10.3 Å². The van der Waals surface area contributed by atoms with Crippen molar-refractivity contribution in [3.8, 4) is 0 Å². The fourth-order valence-corrected chi connectivity index (χ4v) is 2.54. The molecule has 2 heterocycles.